The third-order valence-corrected chi connectivity index (χ3v) is 3.11. The average molecular weight is 257 g/mol. The van der Waals surface area contributed by atoms with Crippen LogP contribution in [-0.4, -0.2) is 30.3 Å². The fourth-order valence-electron chi connectivity index (χ4n) is 2.12. The van der Waals surface area contributed by atoms with E-state index < -0.39 is 5.97 Å². The van der Waals surface area contributed by atoms with Gasteiger partial charge in [-0.05, 0) is 30.5 Å². The Labute approximate surface area is 129 Å². The fourth-order valence-corrected chi connectivity index (χ4v) is 2.12. The van der Waals surface area contributed by atoms with Crippen molar-refractivity contribution in [3.05, 3.63) is 29.8 Å². The van der Waals surface area contributed by atoms with Gasteiger partial charge in [-0.2, -0.15) is 0 Å². The molecule has 0 bridgehead atoms. The number of hydrogen-bond donors (Lipinski definition) is 1. The molecule has 0 aliphatic carbocycles. The molecule has 0 unspecified atom stereocenters. The van der Waals surface area contributed by atoms with Gasteiger partial charge < -0.3 is 19.9 Å². The Bertz CT molecular complexity index is 386. The van der Waals surface area contributed by atoms with Crippen molar-refractivity contribution in [3.8, 4) is 0 Å². The van der Waals surface area contributed by atoms with E-state index in [-0.39, 0.29) is 42.1 Å². The summed E-state index contributed by atoms with van der Waals surface area (Å²) in [5.74, 6) is -1.06. The third kappa shape index (κ3) is 4.28. The molecule has 5 heteroatoms. The largest absolute Gasteiger partial charge is 1.00 e. The molecule has 1 aromatic rings. The topological polar surface area (TPSA) is 63.6 Å². The van der Waals surface area contributed by atoms with Crippen molar-refractivity contribution in [1.29, 1.82) is 0 Å². The molecule has 0 spiro atoms. The molecule has 1 aliphatic heterocycles. The van der Waals surface area contributed by atoms with Gasteiger partial charge in [0.05, 0.1) is 6.10 Å². The van der Waals surface area contributed by atoms with E-state index in [2.05, 4.69) is 4.90 Å². The van der Waals surface area contributed by atoms with E-state index in [1.165, 1.54) is 0 Å². The minimum atomic E-state index is -1.06. The van der Waals surface area contributed by atoms with Crippen LogP contribution in [0, 0.1) is 0 Å². The number of aliphatic hydroxyl groups is 1. The van der Waals surface area contributed by atoms with Gasteiger partial charge in [0.1, 0.15) is 0 Å². The van der Waals surface area contributed by atoms with Crippen molar-refractivity contribution < 1.29 is 44.6 Å². The Morgan fingerprint density at radius 3 is 2.33 bits per heavy atom. The van der Waals surface area contributed by atoms with Gasteiger partial charge in [-0.15, -0.1) is 0 Å². The summed E-state index contributed by atoms with van der Waals surface area (Å²) >= 11 is 0. The van der Waals surface area contributed by atoms with Gasteiger partial charge in [-0.3, -0.25) is 0 Å². The zero-order valence-electron chi connectivity index (χ0n) is 10.6. The Balaban J connectivity index is 0.00000162. The van der Waals surface area contributed by atoms with E-state index in [1.807, 2.05) is 24.3 Å². The molecule has 0 aromatic heterocycles. The van der Waals surface area contributed by atoms with Gasteiger partial charge in [0, 0.05) is 31.2 Å². The van der Waals surface area contributed by atoms with Gasteiger partial charge in [-0.1, -0.05) is 12.1 Å². The van der Waals surface area contributed by atoms with Crippen molar-refractivity contribution >= 4 is 11.7 Å². The maximum Gasteiger partial charge on any atom is 1.00 e. The number of aliphatic carboxylic acids is 1. The van der Waals surface area contributed by atoms with Crippen molar-refractivity contribution in [1.82, 2.24) is 0 Å². The summed E-state index contributed by atoms with van der Waals surface area (Å²) in [4.78, 5) is 12.6. The third-order valence-electron chi connectivity index (χ3n) is 3.11. The average Bonchev–Trinajstić information content (AvgIpc) is 2.30. The van der Waals surface area contributed by atoms with Crippen molar-refractivity contribution in [2.45, 2.75) is 25.4 Å². The first-order valence-electron chi connectivity index (χ1n) is 5.87. The normalized spacial score (nSPS) is 16.2. The second-order valence-corrected chi connectivity index (χ2v) is 4.43. The summed E-state index contributed by atoms with van der Waals surface area (Å²) in [6.07, 6.45) is 1.37. The second kappa shape index (κ2) is 7.14. The van der Waals surface area contributed by atoms with Crippen LogP contribution in [0.15, 0.2) is 24.3 Å². The number of aliphatic hydroxyl groups excluding tert-OH is 1. The van der Waals surface area contributed by atoms with E-state index in [0.29, 0.717) is 0 Å². The Hall–Kier alpha value is -0.550. The molecule has 0 radical (unpaired) electrons. The van der Waals surface area contributed by atoms with Crippen molar-refractivity contribution in [2.75, 3.05) is 18.0 Å². The number of anilines is 1. The van der Waals surface area contributed by atoms with Crippen LogP contribution >= 0.6 is 0 Å². The van der Waals surface area contributed by atoms with Crippen LogP contribution in [0.25, 0.3) is 0 Å². The maximum atomic E-state index is 10.4. The molecule has 18 heavy (non-hydrogen) atoms. The number of benzene rings is 1. The SMILES string of the molecule is O=C([O-])Cc1ccc(N2CCC(O)CC2)cc1.[Na+]. The molecule has 92 valence electrons. The number of carbonyl (C=O) groups excluding carboxylic acids is 1. The predicted octanol–water partition coefficient (Wildman–Crippen LogP) is -3.06. The summed E-state index contributed by atoms with van der Waals surface area (Å²) in [6, 6.07) is 7.48. The minimum Gasteiger partial charge on any atom is -0.550 e. The monoisotopic (exact) mass is 257 g/mol. The second-order valence-electron chi connectivity index (χ2n) is 4.43. The first kappa shape index (κ1) is 15.5. The molecule has 1 saturated heterocycles. The zero-order chi connectivity index (χ0) is 12.3. The number of carboxylic acid groups (broad SMARTS) is 1. The standard InChI is InChI=1S/C13H17NO3.Na/c15-12-5-7-14(8-6-12)11-3-1-10(2-4-11)9-13(16)17;/h1-4,12,15H,5-9H2,(H,16,17);/q;+1/p-1. The molecule has 0 atom stereocenters. The molecule has 0 amide bonds. The van der Waals surface area contributed by atoms with E-state index in [1.54, 1.807) is 0 Å². The summed E-state index contributed by atoms with van der Waals surface area (Å²) < 4.78 is 0. The van der Waals surface area contributed by atoms with E-state index >= 15 is 0 Å². The molecule has 1 aromatic carbocycles. The molecule has 1 N–H and O–H groups in total. The van der Waals surface area contributed by atoms with Gasteiger partial charge in [0.25, 0.3) is 0 Å². The minimum absolute atomic E-state index is 0. The van der Waals surface area contributed by atoms with Crippen LogP contribution in [-0.2, 0) is 11.2 Å². The molecule has 0 saturated carbocycles. The Morgan fingerprint density at radius 1 is 1.28 bits per heavy atom. The quantitative estimate of drug-likeness (QED) is 0.584. The predicted molar refractivity (Wildman–Crippen MR) is 62.6 cm³/mol. The molecule has 2 rings (SSSR count). The van der Waals surface area contributed by atoms with Gasteiger partial charge >= 0.3 is 29.6 Å². The van der Waals surface area contributed by atoms with Crippen LogP contribution in [0.4, 0.5) is 5.69 Å². The molecular formula is C13H16NNaO3. The number of hydrogen-bond acceptors (Lipinski definition) is 4. The van der Waals surface area contributed by atoms with Gasteiger partial charge in [0.2, 0.25) is 0 Å². The maximum absolute atomic E-state index is 10.4. The first-order valence-corrected chi connectivity index (χ1v) is 5.87. The van der Waals surface area contributed by atoms with Crippen LogP contribution in [0.2, 0.25) is 0 Å². The van der Waals surface area contributed by atoms with E-state index in [4.69, 9.17) is 0 Å². The van der Waals surface area contributed by atoms with Crippen LogP contribution in [0.1, 0.15) is 18.4 Å². The molecule has 1 heterocycles. The van der Waals surface area contributed by atoms with E-state index in [9.17, 15) is 15.0 Å². The Kier molecular flexibility index (Phi) is 6.15. The molecule has 1 aliphatic rings. The summed E-state index contributed by atoms with van der Waals surface area (Å²) in [5.41, 5.74) is 1.84. The van der Waals surface area contributed by atoms with Crippen LogP contribution < -0.4 is 39.6 Å². The number of carboxylic acids is 1. The summed E-state index contributed by atoms with van der Waals surface area (Å²) in [6.45, 7) is 1.70. The van der Waals surface area contributed by atoms with Crippen molar-refractivity contribution in [3.63, 3.8) is 0 Å². The zero-order valence-corrected chi connectivity index (χ0v) is 12.6. The van der Waals surface area contributed by atoms with E-state index in [0.717, 1.165) is 37.2 Å². The fraction of sp³-hybridized carbons (Fsp3) is 0.462. The number of piperidine rings is 1. The molecule has 4 nitrogen and oxygen atoms in total. The Morgan fingerprint density at radius 2 is 1.83 bits per heavy atom. The van der Waals surface area contributed by atoms with Gasteiger partial charge in [-0.25, -0.2) is 0 Å². The van der Waals surface area contributed by atoms with Crippen molar-refractivity contribution in [2.24, 2.45) is 0 Å². The summed E-state index contributed by atoms with van der Waals surface area (Å²) in [7, 11) is 0. The smallest absolute Gasteiger partial charge is 0.550 e. The number of rotatable bonds is 3. The molecule has 1 fully saturated rings. The van der Waals surface area contributed by atoms with Crippen LogP contribution in [0.5, 0.6) is 0 Å². The first-order chi connectivity index (χ1) is 8.15. The van der Waals surface area contributed by atoms with Gasteiger partial charge in [0.15, 0.2) is 0 Å². The number of carbonyl (C=O) groups is 1. The molecular weight excluding hydrogens is 241 g/mol. The van der Waals surface area contributed by atoms with Crippen LogP contribution in [0.3, 0.4) is 0 Å². The summed E-state index contributed by atoms with van der Waals surface area (Å²) in [5, 5.41) is 19.9. The number of nitrogens with zero attached hydrogens (tertiary/aromatic N) is 1.